The van der Waals surface area contributed by atoms with Crippen LogP contribution < -0.4 is 14.9 Å². The molecule has 0 aliphatic carbocycles. The lowest BCUT2D eigenvalue weighted by molar-refractivity contribution is 0.0862. The molecule has 3 heterocycles. The van der Waals surface area contributed by atoms with Gasteiger partial charge in [-0.3, -0.25) is 19.9 Å². The molecular formula is C16H13ClFN5O3S. The fourth-order valence-electron chi connectivity index (χ4n) is 2.31. The number of pyridine rings is 2. The molecule has 3 aromatic rings. The average Bonchev–Trinajstić information content (AvgIpc) is 3.00. The number of aromatic amines is 1. The number of nitrogens with zero attached hydrogens (tertiary/aromatic N) is 3. The van der Waals surface area contributed by atoms with Crippen molar-refractivity contribution in [3.8, 4) is 16.9 Å². The molecule has 0 fully saturated rings. The lowest BCUT2D eigenvalue weighted by Gasteiger charge is -2.15. The van der Waals surface area contributed by atoms with Crippen LogP contribution in [0, 0.1) is 6.92 Å². The fraction of sp³-hybridized carbons (Fsp3) is 0.188. The Balaban J connectivity index is 2.08. The molecule has 0 saturated carbocycles. The number of hydrogen-bond donors (Lipinski definition) is 2. The molecule has 0 bridgehead atoms. The highest BCUT2D eigenvalue weighted by Gasteiger charge is 2.20. The van der Waals surface area contributed by atoms with Crippen molar-refractivity contribution in [2.45, 2.75) is 20.2 Å². The number of nitrogens with one attached hydrogen (secondary N) is 2. The standard InChI is InChI=1S/C16H13ClFN5O3S/c1-7-3-9(10-4-13(17)20-6-12(10)26-8(2)18)11(5-19-7)14(24)21-15-22-23-16(25)27-15/h3-6,8H,1-2H3,(H,23,25)(H,21,22,24). The van der Waals surface area contributed by atoms with E-state index in [1.165, 1.54) is 25.4 Å². The van der Waals surface area contributed by atoms with Gasteiger partial charge in [-0.05, 0) is 30.4 Å². The van der Waals surface area contributed by atoms with Gasteiger partial charge in [0.1, 0.15) is 10.9 Å². The quantitative estimate of drug-likeness (QED) is 0.626. The van der Waals surface area contributed by atoms with Crippen LogP contribution in [0.1, 0.15) is 23.0 Å². The van der Waals surface area contributed by atoms with Crippen LogP contribution in [-0.2, 0) is 0 Å². The normalized spacial score (nSPS) is 11.9. The van der Waals surface area contributed by atoms with Crippen molar-refractivity contribution in [2.75, 3.05) is 5.32 Å². The highest BCUT2D eigenvalue weighted by molar-refractivity contribution is 7.13. The van der Waals surface area contributed by atoms with Crippen LogP contribution in [0.2, 0.25) is 5.15 Å². The molecule has 0 spiro atoms. The van der Waals surface area contributed by atoms with E-state index in [2.05, 4.69) is 25.5 Å². The predicted octanol–water partition coefficient (Wildman–Crippen LogP) is 3.20. The van der Waals surface area contributed by atoms with Crippen LogP contribution in [0.5, 0.6) is 5.75 Å². The summed E-state index contributed by atoms with van der Waals surface area (Å²) < 4.78 is 18.6. The van der Waals surface area contributed by atoms with Crippen molar-refractivity contribution in [2.24, 2.45) is 0 Å². The van der Waals surface area contributed by atoms with Gasteiger partial charge < -0.3 is 4.74 Å². The first-order chi connectivity index (χ1) is 12.8. The molecule has 8 nitrogen and oxygen atoms in total. The number of hydrogen-bond acceptors (Lipinski definition) is 7. The zero-order chi connectivity index (χ0) is 19.6. The predicted molar refractivity (Wildman–Crippen MR) is 99.1 cm³/mol. The third-order valence-electron chi connectivity index (χ3n) is 3.36. The van der Waals surface area contributed by atoms with Gasteiger partial charge in [-0.25, -0.2) is 14.5 Å². The Morgan fingerprint density at radius 1 is 1.33 bits per heavy atom. The molecule has 1 atom stereocenters. The summed E-state index contributed by atoms with van der Waals surface area (Å²) in [6.07, 6.45) is 1.06. The smallest absolute Gasteiger partial charge is 0.324 e. The van der Waals surface area contributed by atoms with E-state index < -0.39 is 17.1 Å². The van der Waals surface area contributed by atoms with E-state index in [1.54, 1.807) is 13.0 Å². The lowest BCUT2D eigenvalue weighted by Crippen LogP contribution is -2.14. The summed E-state index contributed by atoms with van der Waals surface area (Å²) in [5, 5.41) is 8.68. The molecule has 2 N–H and O–H groups in total. The summed E-state index contributed by atoms with van der Waals surface area (Å²) in [4.78, 5) is 31.5. The number of anilines is 1. The molecule has 140 valence electrons. The number of aryl methyl sites for hydroxylation is 1. The molecular weight excluding hydrogens is 397 g/mol. The minimum Gasteiger partial charge on any atom is -0.458 e. The Morgan fingerprint density at radius 3 is 2.78 bits per heavy atom. The van der Waals surface area contributed by atoms with Crippen molar-refractivity contribution >= 4 is 34.0 Å². The first-order valence-electron chi connectivity index (χ1n) is 7.63. The van der Waals surface area contributed by atoms with Crippen LogP contribution in [0.15, 0.2) is 29.3 Å². The number of carbonyl (C=O) groups is 1. The van der Waals surface area contributed by atoms with Crippen LogP contribution >= 0.6 is 22.9 Å². The van der Waals surface area contributed by atoms with Gasteiger partial charge in [0.15, 0.2) is 0 Å². The average molecular weight is 410 g/mol. The van der Waals surface area contributed by atoms with E-state index in [9.17, 15) is 14.0 Å². The molecule has 11 heteroatoms. The maximum absolute atomic E-state index is 13.4. The number of alkyl halides is 1. The van der Waals surface area contributed by atoms with Crippen LogP contribution in [0.4, 0.5) is 9.52 Å². The van der Waals surface area contributed by atoms with E-state index in [4.69, 9.17) is 16.3 Å². The topological polar surface area (TPSA) is 110 Å². The monoisotopic (exact) mass is 409 g/mol. The summed E-state index contributed by atoms with van der Waals surface area (Å²) in [6, 6.07) is 3.11. The van der Waals surface area contributed by atoms with E-state index in [0.29, 0.717) is 16.8 Å². The molecule has 1 amide bonds. The Labute approximate surface area is 161 Å². The van der Waals surface area contributed by atoms with Gasteiger partial charge in [0.25, 0.3) is 5.91 Å². The minimum atomic E-state index is -1.59. The second-order valence-electron chi connectivity index (χ2n) is 5.41. The largest absolute Gasteiger partial charge is 0.458 e. The summed E-state index contributed by atoms with van der Waals surface area (Å²) in [7, 11) is 0. The summed E-state index contributed by atoms with van der Waals surface area (Å²) in [5.41, 5.74) is 1.59. The van der Waals surface area contributed by atoms with Gasteiger partial charge in [0.2, 0.25) is 11.5 Å². The number of rotatable bonds is 5. The lowest BCUT2D eigenvalue weighted by atomic mass is 10.0. The van der Waals surface area contributed by atoms with Crippen LogP contribution in [0.3, 0.4) is 0 Å². The number of carbonyl (C=O) groups excluding carboxylic acids is 1. The van der Waals surface area contributed by atoms with Crippen molar-refractivity contribution in [3.63, 3.8) is 0 Å². The summed E-state index contributed by atoms with van der Waals surface area (Å²) >= 11 is 6.73. The van der Waals surface area contributed by atoms with E-state index in [-0.39, 0.29) is 21.6 Å². The minimum absolute atomic E-state index is 0.109. The number of amides is 1. The first kappa shape index (κ1) is 18.9. The highest BCUT2D eigenvalue weighted by Crippen LogP contribution is 2.35. The SMILES string of the molecule is Cc1cc(-c2cc(Cl)ncc2OC(C)F)c(C(=O)Nc2n[nH]c(=O)s2)cn1. The van der Waals surface area contributed by atoms with Gasteiger partial charge in [-0.15, -0.1) is 5.10 Å². The molecule has 0 aromatic carbocycles. The molecule has 27 heavy (non-hydrogen) atoms. The Kier molecular flexibility index (Phi) is 5.47. The van der Waals surface area contributed by atoms with Crippen molar-refractivity contribution in [3.05, 3.63) is 50.6 Å². The van der Waals surface area contributed by atoms with Crippen molar-refractivity contribution in [1.82, 2.24) is 20.2 Å². The van der Waals surface area contributed by atoms with Crippen molar-refractivity contribution < 1.29 is 13.9 Å². The zero-order valence-electron chi connectivity index (χ0n) is 14.1. The summed E-state index contributed by atoms with van der Waals surface area (Å²) in [6.45, 7) is 2.97. The van der Waals surface area contributed by atoms with E-state index in [0.717, 1.165) is 11.3 Å². The molecule has 0 radical (unpaired) electrons. The van der Waals surface area contributed by atoms with Crippen LogP contribution in [-0.4, -0.2) is 32.4 Å². The number of aromatic nitrogens is 4. The van der Waals surface area contributed by atoms with Crippen molar-refractivity contribution in [1.29, 1.82) is 0 Å². The molecule has 1 unspecified atom stereocenters. The molecule has 3 rings (SSSR count). The van der Waals surface area contributed by atoms with Gasteiger partial charge in [-0.1, -0.05) is 11.6 Å². The molecule has 0 aliphatic rings. The highest BCUT2D eigenvalue weighted by atomic mass is 35.5. The number of halogens is 2. The molecule has 0 saturated heterocycles. The Bertz CT molecular complexity index is 1050. The Hall–Kier alpha value is -2.85. The summed E-state index contributed by atoms with van der Waals surface area (Å²) in [5.74, 6) is -0.425. The first-order valence-corrected chi connectivity index (χ1v) is 8.83. The number of H-pyrrole nitrogens is 1. The second-order valence-corrected chi connectivity index (χ2v) is 6.76. The third kappa shape index (κ3) is 4.47. The van der Waals surface area contributed by atoms with Gasteiger partial charge in [-0.2, -0.15) is 0 Å². The van der Waals surface area contributed by atoms with Crippen LogP contribution in [0.25, 0.3) is 11.1 Å². The third-order valence-corrected chi connectivity index (χ3v) is 4.23. The second kappa shape index (κ2) is 7.80. The Morgan fingerprint density at radius 2 is 2.11 bits per heavy atom. The molecule has 0 aliphatic heterocycles. The maximum atomic E-state index is 13.4. The van der Waals surface area contributed by atoms with Gasteiger partial charge in [0, 0.05) is 29.9 Å². The van der Waals surface area contributed by atoms with Gasteiger partial charge in [0.05, 0.1) is 11.8 Å². The fourth-order valence-corrected chi connectivity index (χ4v) is 2.97. The van der Waals surface area contributed by atoms with E-state index >= 15 is 0 Å². The number of ether oxygens (including phenoxy) is 1. The molecule has 3 aromatic heterocycles. The van der Waals surface area contributed by atoms with Gasteiger partial charge >= 0.3 is 4.87 Å². The van der Waals surface area contributed by atoms with E-state index in [1.807, 2.05) is 0 Å². The zero-order valence-corrected chi connectivity index (χ0v) is 15.7. The maximum Gasteiger partial charge on any atom is 0.324 e.